The van der Waals surface area contributed by atoms with Gasteiger partial charge in [-0.3, -0.25) is 0 Å². The molecule has 2 nitrogen and oxygen atoms in total. The zero-order valence-electron chi connectivity index (χ0n) is 12.6. The van der Waals surface area contributed by atoms with Crippen molar-refractivity contribution in [2.45, 2.75) is 46.5 Å². The van der Waals surface area contributed by atoms with Gasteiger partial charge in [0.1, 0.15) is 0 Å². The van der Waals surface area contributed by atoms with Crippen molar-refractivity contribution < 1.29 is 9.53 Å². The molecule has 0 spiro atoms. The molecule has 0 unspecified atom stereocenters. The third-order valence-electron chi connectivity index (χ3n) is 2.97. The van der Waals surface area contributed by atoms with Gasteiger partial charge in [-0.15, -0.1) is 0 Å². The number of hydrogen-bond acceptors (Lipinski definition) is 2. The molecule has 1 aromatic rings. The Balaban J connectivity index is 2.84. The van der Waals surface area contributed by atoms with Crippen LogP contribution in [0.15, 0.2) is 39.5 Å². The van der Waals surface area contributed by atoms with Gasteiger partial charge in [-0.1, -0.05) is 0 Å². The SMILES string of the molecule is CCCCC/C(C)=C(/[Te]c1ccccc1)C(=O)OCC. The molecule has 0 radical (unpaired) electrons. The van der Waals surface area contributed by atoms with Crippen molar-refractivity contribution in [2.75, 3.05) is 6.61 Å². The average Bonchev–Trinajstić information content (AvgIpc) is 2.46. The second kappa shape index (κ2) is 10.0. The molecule has 3 heteroatoms. The summed E-state index contributed by atoms with van der Waals surface area (Å²) in [7, 11) is 0. The van der Waals surface area contributed by atoms with Crippen LogP contribution >= 0.6 is 0 Å². The van der Waals surface area contributed by atoms with E-state index < -0.39 is 20.9 Å². The minimum absolute atomic E-state index is 0.104. The van der Waals surface area contributed by atoms with Crippen molar-refractivity contribution in [1.29, 1.82) is 0 Å². The molecular weight excluding hydrogens is 364 g/mol. The van der Waals surface area contributed by atoms with Crippen LogP contribution in [0, 0.1) is 0 Å². The Morgan fingerprint density at radius 3 is 2.45 bits per heavy atom. The second-order valence-electron chi connectivity index (χ2n) is 4.70. The van der Waals surface area contributed by atoms with Gasteiger partial charge in [0.2, 0.25) is 0 Å². The summed E-state index contributed by atoms with van der Waals surface area (Å²) in [5.41, 5.74) is 1.23. The van der Waals surface area contributed by atoms with Gasteiger partial charge < -0.3 is 0 Å². The predicted octanol–water partition coefficient (Wildman–Crippen LogP) is 3.43. The number of allylic oxidation sites excluding steroid dienone is 1. The Bertz CT molecular complexity index is 438. The normalized spacial score (nSPS) is 11.9. The van der Waals surface area contributed by atoms with Crippen molar-refractivity contribution in [3.05, 3.63) is 39.5 Å². The van der Waals surface area contributed by atoms with Crippen molar-refractivity contribution >= 4 is 30.5 Å². The predicted molar refractivity (Wildman–Crippen MR) is 85.3 cm³/mol. The Morgan fingerprint density at radius 2 is 1.85 bits per heavy atom. The first kappa shape index (κ1) is 17.3. The van der Waals surface area contributed by atoms with Crippen LogP contribution in [-0.2, 0) is 9.53 Å². The summed E-state index contributed by atoms with van der Waals surface area (Å²) in [5, 5.41) is 0. The van der Waals surface area contributed by atoms with Crippen LogP contribution in [0.2, 0.25) is 0 Å². The van der Waals surface area contributed by atoms with Crippen LogP contribution in [0.5, 0.6) is 0 Å². The quantitative estimate of drug-likeness (QED) is 0.295. The molecule has 0 aliphatic carbocycles. The fourth-order valence-corrected chi connectivity index (χ4v) is 4.56. The van der Waals surface area contributed by atoms with E-state index >= 15 is 0 Å². The van der Waals surface area contributed by atoms with Crippen LogP contribution in [0.25, 0.3) is 0 Å². The van der Waals surface area contributed by atoms with Gasteiger partial charge in [-0.2, -0.15) is 0 Å². The third kappa shape index (κ3) is 6.11. The molecule has 0 heterocycles. The van der Waals surface area contributed by atoms with Crippen LogP contribution in [0.1, 0.15) is 46.5 Å². The van der Waals surface area contributed by atoms with Gasteiger partial charge in [-0.05, 0) is 0 Å². The van der Waals surface area contributed by atoms with Crippen molar-refractivity contribution in [1.82, 2.24) is 0 Å². The molecule has 0 amide bonds. The standard InChI is InChI=1S/C17H24O2Te/c1-4-6-8-11-14(3)16(17(18)19-5-2)20-15-12-9-7-10-13-15/h7,9-10,12-13H,4-6,8,11H2,1-3H3/b16-14+. The molecule has 110 valence electrons. The van der Waals surface area contributed by atoms with E-state index in [-0.39, 0.29) is 5.97 Å². The van der Waals surface area contributed by atoms with Crippen molar-refractivity contribution in [3.63, 3.8) is 0 Å². The molecule has 1 aromatic carbocycles. The van der Waals surface area contributed by atoms with Crippen LogP contribution in [0.4, 0.5) is 0 Å². The van der Waals surface area contributed by atoms with Gasteiger partial charge in [0.15, 0.2) is 0 Å². The number of unbranched alkanes of at least 4 members (excludes halogenated alkanes) is 2. The Kier molecular flexibility index (Phi) is 8.65. The van der Waals surface area contributed by atoms with E-state index in [2.05, 4.69) is 26.0 Å². The number of hydrogen-bond donors (Lipinski definition) is 0. The van der Waals surface area contributed by atoms with E-state index in [1.807, 2.05) is 25.1 Å². The maximum absolute atomic E-state index is 12.2. The van der Waals surface area contributed by atoms with Gasteiger partial charge in [0, 0.05) is 0 Å². The topological polar surface area (TPSA) is 26.3 Å². The van der Waals surface area contributed by atoms with E-state index in [9.17, 15) is 4.79 Å². The van der Waals surface area contributed by atoms with Gasteiger partial charge >= 0.3 is 133 Å². The Hall–Kier alpha value is -0.780. The molecule has 0 fully saturated rings. The van der Waals surface area contributed by atoms with Gasteiger partial charge in [-0.25, -0.2) is 0 Å². The molecule has 1 rings (SSSR count). The maximum atomic E-state index is 12.2. The van der Waals surface area contributed by atoms with Gasteiger partial charge in [0.05, 0.1) is 0 Å². The first-order valence-electron chi connectivity index (χ1n) is 7.28. The zero-order chi connectivity index (χ0) is 14.8. The monoisotopic (exact) mass is 390 g/mol. The summed E-state index contributed by atoms with van der Waals surface area (Å²) in [5.74, 6) is -0.104. The number of ether oxygens (including phenoxy) is 1. The Labute approximate surface area is 132 Å². The van der Waals surface area contributed by atoms with E-state index in [1.165, 1.54) is 22.0 Å². The summed E-state index contributed by atoms with van der Waals surface area (Å²) in [6.45, 7) is 6.61. The van der Waals surface area contributed by atoms with Crippen LogP contribution < -0.4 is 3.61 Å². The first-order chi connectivity index (χ1) is 9.69. The van der Waals surface area contributed by atoms with E-state index in [4.69, 9.17) is 4.74 Å². The molecule has 0 aliphatic rings. The van der Waals surface area contributed by atoms with Crippen LogP contribution in [0.3, 0.4) is 0 Å². The minimum atomic E-state index is -0.652. The van der Waals surface area contributed by atoms with E-state index in [0.717, 1.165) is 16.5 Å². The summed E-state index contributed by atoms with van der Waals surface area (Å²) in [4.78, 5) is 12.2. The molecule has 0 aromatic heterocycles. The molecular formula is C17H24O2Te. The number of benzene rings is 1. The number of rotatable bonds is 8. The summed E-state index contributed by atoms with van der Waals surface area (Å²) < 4.78 is 7.49. The van der Waals surface area contributed by atoms with Crippen molar-refractivity contribution in [2.24, 2.45) is 0 Å². The molecule has 20 heavy (non-hydrogen) atoms. The molecule has 0 bridgehead atoms. The van der Waals surface area contributed by atoms with Crippen LogP contribution in [-0.4, -0.2) is 33.5 Å². The fraction of sp³-hybridized carbons (Fsp3) is 0.471. The summed E-state index contributed by atoms with van der Waals surface area (Å²) in [6.07, 6.45) is 4.60. The molecule has 0 saturated carbocycles. The number of carbonyl (C=O) groups excluding carboxylic acids is 1. The fourth-order valence-electron chi connectivity index (χ4n) is 1.86. The number of carbonyl (C=O) groups is 1. The Morgan fingerprint density at radius 1 is 1.15 bits per heavy atom. The zero-order valence-corrected chi connectivity index (χ0v) is 15.0. The molecule has 0 aliphatic heterocycles. The summed E-state index contributed by atoms with van der Waals surface area (Å²) in [6, 6.07) is 10.3. The second-order valence-corrected chi connectivity index (χ2v) is 7.80. The van der Waals surface area contributed by atoms with E-state index in [0.29, 0.717) is 6.61 Å². The molecule has 0 saturated heterocycles. The first-order valence-corrected chi connectivity index (χ1v) is 9.61. The average molecular weight is 388 g/mol. The van der Waals surface area contributed by atoms with Gasteiger partial charge in [0.25, 0.3) is 0 Å². The summed E-state index contributed by atoms with van der Waals surface area (Å²) >= 11 is -0.652. The third-order valence-corrected chi connectivity index (χ3v) is 6.47. The van der Waals surface area contributed by atoms with E-state index in [1.54, 1.807) is 0 Å². The van der Waals surface area contributed by atoms with Crippen molar-refractivity contribution in [3.8, 4) is 0 Å². The molecule has 0 N–H and O–H groups in total. The number of esters is 1. The molecule has 0 atom stereocenters.